The van der Waals surface area contributed by atoms with E-state index in [0.717, 1.165) is 10.8 Å². The third-order valence-electron chi connectivity index (χ3n) is 7.23. The lowest BCUT2D eigenvalue weighted by Gasteiger charge is -2.14. The Labute approximate surface area is 252 Å². The quantitative estimate of drug-likeness (QED) is 0.116. The van der Waals surface area contributed by atoms with Gasteiger partial charge in [0.2, 0.25) is 0 Å². The highest BCUT2D eigenvalue weighted by molar-refractivity contribution is 6.05. The smallest absolute Gasteiger partial charge is 0.422 e. The number of allylic oxidation sites excluding steroid dienone is 1. The number of hydrogen-bond acceptors (Lipinski definition) is 7. The first kappa shape index (κ1) is 28.8. The number of benzene rings is 4. The molecule has 14 heteroatoms. The zero-order valence-electron chi connectivity index (χ0n) is 23.0. The first-order chi connectivity index (χ1) is 21.9. The van der Waals surface area contributed by atoms with Gasteiger partial charge in [0.25, 0.3) is 0 Å². The van der Waals surface area contributed by atoms with Crippen LogP contribution in [0.2, 0.25) is 0 Å². The summed E-state index contributed by atoms with van der Waals surface area (Å²) in [6.07, 6.45) is -5.73. The topological polar surface area (TPSA) is 100 Å². The van der Waals surface area contributed by atoms with Crippen LogP contribution >= 0.6 is 0 Å². The normalized spacial score (nSPS) is 13.8. The van der Waals surface area contributed by atoms with E-state index in [2.05, 4.69) is 24.9 Å². The van der Waals surface area contributed by atoms with Crippen molar-refractivity contribution >= 4 is 21.9 Å². The van der Waals surface area contributed by atoms with Crippen molar-refractivity contribution in [3.8, 4) is 40.2 Å². The minimum Gasteiger partial charge on any atom is -0.456 e. The van der Waals surface area contributed by atoms with E-state index in [1.165, 1.54) is 31.2 Å². The van der Waals surface area contributed by atoms with Crippen LogP contribution < -0.4 is 10.7 Å². The van der Waals surface area contributed by atoms with Crippen LogP contribution in [0.15, 0.2) is 86.5 Å². The number of aromatic nitrogens is 3. The van der Waals surface area contributed by atoms with Crippen LogP contribution in [-0.2, 0) is 6.18 Å². The molecule has 0 atom stereocenters. The maximum atomic E-state index is 15.2. The first-order valence-corrected chi connectivity index (χ1v) is 13.2. The molecule has 0 spiro atoms. The van der Waals surface area contributed by atoms with Gasteiger partial charge < -0.3 is 4.42 Å². The maximum absolute atomic E-state index is 15.2. The summed E-state index contributed by atoms with van der Waals surface area (Å²) in [4.78, 5) is 21.0. The lowest BCUT2D eigenvalue weighted by Crippen LogP contribution is -2.21. The van der Waals surface area contributed by atoms with Crippen molar-refractivity contribution in [1.29, 1.82) is 5.26 Å². The van der Waals surface area contributed by atoms with Crippen molar-refractivity contribution in [3.05, 3.63) is 112 Å². The summed E-state index contributed by atoms with van der Waals surface area (Å²) in [7, 11) is 0. The van der Waals surface area contributed by atoms with Crippen molar-refractivity contribution in [2.45, 2.75) is 13.1 Å². The third kappa shape index (κ3) is 4.55. The van der Waals surface area contributed by atoms with Gasteiger partial charge in [-0.2, -0.15) is 18.4 Å². The lowest BCUT2D eigenvalue weighted by molar-refractivity contribution is -0.143. The van der Waals surface area contributed by atoms with E-state index < -0.39 is 46.4 Å². The predicted octanol–water partition coefficient (Wildman–Crippen LogP) is 7.36. The number of rotatable bonds is 3. The Bertz CT molecular complexity index is 2470. The van der Waals surface area contributed by atoms with E-state index in [4.69, 9.17) is 4.42 Å². The summed E-state index contributed by atoms with van der Waals surface area (Å²) in [5.74, 6) is -11.3. The molecule has 2 aromatic heterocycles. The molecule has 0 amide bonds. The fourth-order valence-corrected chi connectivity index (χ4v) is 5.01. The molecule has 0 saturated carbocycles. The van der Waals surface area contributed by atoms with Gasteiger partial charge in [-0.3, -0.25) is 0 Å². The van der Waals surface area contributed by atoms with Gasteiger partial charge in [-0.05, 0) is 43.3 Å². The Balaban J connectivity index is 1.48. The van der Waals surface area contributed by atoms with E-state index in [9.17, 15) is 27.2 Å². The molecule has 0 radical (unpaired) electrons. The average molecular weight is 630 g/mol. The Morgan fingerprint density at radius 2 is 1.28 bits per heavy atom. The van der Waals surface area contributed by atoms with E-state index in [1.54, 1.807) is 24.3 Å². The van der Waals surface area contributed by atoms with Crippen LogP contribution in [0.25, 0.3) is 56.1 Å². The van der Waals surface area contributed by atoms with Crippen LogP contribution in [0.3, 0.4) is 0 Å². The van der Waals surface area contributed by atoms with E-state index in [1.807, 2.05) is 18.2 Å². The molecule has 0 N–H and O–H groups in total. The molecule has 0 saturated heterocycles. The number of fused-ring (bicyclic) bond motifs is 4. The average Bonchev–Trinajstić information content (AvgIpc) is 3.63. The van der Waals surface area contributed by atoms with Gasteiger partial charge in [0, 0.05) is 21.9 Å². The minimum absolute atomic E-state index is 0.158. The summed E-state index contributed by atoms with van der Waals surface area (Å²) in [6, 6.07) is 18.3. The number of para-hydroxylation sites is 1. The molecule has 0 fully saturated rings. The fourth-order valence-electron chi connectivity index (χ4n) is 5.01. The summed E-state index contributed by atoms with van der Waals surface area (Å²) < 4.78 is 105. The van der Waals surface area contributed by atoms with E-state index >= 15 is 8.78 Å². The van der Waals surface area contributed by atoms with Crippen molar-refractivity contribution in [1.82, 2.24) is 15.0 Å². The number of furan rings is 1. The van der Waals surface area contributed by atoms with Crippen molar-refractivity contribution in [2.75, 3.05) is 0 Å². The van der Waals surface area contributed by atoms with Crippen LogP contribution in [0.1, 0.15) is 12.5 Å². The van der Waals surface area contributed by atoms with Gasteiger partial charge in [-0.1, -0.05) is 24.3 Å². The molecule has 0 unspecified atom stereocenters. The number of alkyl halides is 3. The largest absolute Gasteiger partial charge is 0.456 e. The molecule has 7 nitrogen and oxygen atoms in total. The number of nitriles is 1. The Hall–Kier alpha value is -5.97. The van der Waals surface area contributed by atoms with Gasteiger partial charge in [-0.25, -0.2) is 42.5 Å². The third-order valence-corrected chi connectivity index (χ3v) is 7.23. The Morgan fingerprint density at radius 1 is 0.696 bits per heavy atom. The zero-order chi connectivity index (χ0) is 32.5. The molecule has 4 aromatic carbocycles. The molecule has 1 aliphatic heterocycles. The number of hydrogen-bond donors (Lipinski definition) is 0. The Morgan fingerprint density at radius 3 is 1.96 bits per heavy atom. The minimum atomic E-state index is -5.73. The highest BCUT2D eigenvalue weighted by Crippen LogP contribution is 2.40. The highest BCUT2D eigenvalue weighted by Gasteiger charge is 2.43. The Kier molecular flexibility index (Phi) is 6.44. The van der Waals surface area contributed by atoms with Crippen LogP contribution in [-0.4, -0.2) is 15.0 Å². The first-order valence-electron chi connectivity index (χ1n) is 13.2. The molecule has 0 aliphatic carbocycles. The highest BCUT2D eigenvalue weighted by atomic mass is 19.4. The second kappa shape index (κ2) is 10.3. The molecule has 3 heterocycles. The lowest BCUT2D eigenvalue weighted by atomic mass is 10.1. The number of halogens is 7. The van der Waals surface area contributed by atoms with Crippen LogP contribution in [0, 0.1) is 34.6 Å². The molecule has 6 aromatic rings. The molecule has 46 heavy (non-hydrogen) atoms. The van der Waals surface area contributed by atoms with Crippen LogP contribution in [0.5, 0.6) is 0 Å². The standard InChI is InChI=1S/C32H13F7N6O/c1-13(12-40)28-41-18-9-7-14(10-19(18)42-28)29-43-30(15-6-8-17-16-4-2-3-5-20(16)46-21(17)11-15)45-31(44-29)22-24(33)26(35)23(32(37,38)39)27(36)25(22)34/h2-11H,1H3/b28-13+. The SMILES string of the molecule is C/C(C#N)=C1/N=c2ccc(-c3nc(-c4ccc5c(c4)oc4ccccc45)nc(-c4c(F)c(F)c(C(F)(F)F)c(F)c4F)n3)cc2=N1. The second-order valence-corrected chi connectivity index (χ2v) is 10.1. The molecular formula is C32H13F7N6O. The van der Waals surface area contributed by atoms with Crippen molar-refractivity contribution in [3.63, 3.8) is 0 Å². The van der Waals surface area contributed by atoms with Gasteiger partial charge >= 0.3 is 6.18 Å². The second-order valence-electron chi connectivity index (χ2n) is 10.1. The van der Waals surface area contributed by atoms with E-state index in [-0.39, 0.29) is 34.2 Å². The van der Waals surface area contributed by atoms with Gasteiger partial charge in [0.15, 0.2) is 46.6 Å². The van der Waals surface area contributed by atoms with Crippen LogP contribution in [0.4, 0.5) is 30.7 Å². The summed E-state index contributed by atoms with van der Waals surface area (Å²) in [5, 5.41) is 11.4. The van der Waals surface area contributed by atoms with E-state index in [0.29, 0.717) is 21.9 Å². The van der Waals surface area contributed by atoms with Crippen molar-refractivity contribution in [2.24, 2.45) is 9.98 Å². The fraction of sp³-hybridized carbons (Fsp3) is 0.0625. The van der Waals surface area contributed by atoms with Gasteiger partial charge in [0.05, 0.1) is 27.9 Å². The molecular weight excluding hydrogens is 617 g/mol. The van der Waals surface area contributed by atoms with Gasteiger partial charge in [-0.15, -0.1) is 0 Å². The molecule has 1 aliphatic rings. The summed E-state index contributed by atoms with van der Waals surface area (Å²) in [6.45, 7) is 1.52. The van der Waals surface area contributed by atoms with Gasteiger partial charge in [0.1, 0.15) is 16.7 Å². The summed E-state index contributed by atoms with van der Waals surface area (Å²) in [5.41, 5.74) is -2.70. The zero-order valence-corrected chi connectivity index (χ0v) is 23.0. The monoisotopic (exact) mass is 630 g/mol. The number of nitrogens with zero attached hydrogens (tertiary/aromatic N) is 6. The molecule has 0 bridgehead atoms. The predicted molar refractivity (Wildman–Crippen MR) is 149 cm³/mol. The summed E-state index contributed by atoms with van der Waals surface area (Å²) >= 11 is 0. The molecule has 7 rings (SSSR count). The maximum Gasteiger partial charge on any atom is 0.422 e. The van der Waals surface area contributed by atoms with Crippen molar-refractivity contribution < 1.29 is 35.2 Å². The molecule has 226 valence electrons.